The number of hydrogen-bond donors (Lipinski definition) is 1. The standard InChI is InChI=1S/C21H25N3O5S/c1-17-7-9-19(10-8-17)30(27,28)24-14-12-22-11-13-23(15-16-24)21(26)29-20(25)18-5-3-2-4-6-18/h2-10,22H,11-16H2,1H3. The third-order valence-corrected chi connectivity index (χ3v) is 6.74. The molecule has 1 N–H and O–H groups in total. The summed E-state index contributed by atoms with van der Waals surface area (Å²) in [6.07, 6.45) is -0.791. The Hall–Kier alpha value is -2.75. The predicted octanol–water partition coefficient (Wildman–Crippen LogP) is 1.87. The van der Waals surface area contributed by atoms with Gasteiger partial charge in [0.05, 0.1) is 10.5 Å². The molecule has 1 fully saturated rings. The maximum atomic E-state index is 13.0. The van der Waals surface area contributed by atoms with E-state index in [4.69, 9.17) is 4.74 Å². The molecule has 30 heavy (non-hydrogen) atoms. The van der Waals surface area contributed by atoms with E-state index in [0.717, 1.165) is 5.56 Å². The van der Waals surface area contributed by atoms with Crippen molar-refractivity contribution in [2.24, 2.45) is 0 Å². The van der Waals surface area contributed by atoms with Gasteiger partial charge in [-0.15, -0.1) is 0 Å². The van der Waals surface area contributed by atoms with E-state index in [2.05, 4.69) is 5.32 Å². The van der Waals surface area contributed by atoms with Gasteiger partial charge in [0, 0.05) is 39.3 Å². The number of hydrogen-bond acceptors (Lipinski definition) is 6. The summed E-state index contributed by atoms with van der Waals surface area (Å²) >= 11 is 0. The number of carbonyl (C=O) groups is 2. The lowest BCUT2D eigenvalue weighted by molar-refractivity contribution is 0.0541. The molecule has 1 aliphatic rings. The zero-order valence-corrected chi connectivity index (χ0v) is 17.6. The topological polar surface area (TPSA) is 96.0 Å². The lowest BCUT2D eigenvalue weighted by atomic mass is 10.2. The zero-order valence-electron chi connectivity index (χ0n) is 16.8. The number of esters is 1. The number of nitrogens with one attached hydrogen (secondary N) is 1. The number of benzene rings is 2. The van der Waals surface area contributed by atoms with Gasteiger partial charge in [-0.1, -0.05) is 35.9 Å². The molecule has 0 aromatic heterocycles. The fourth-order valence-electron chi connectivity index (χ4n) is 3.06. The molecule has 0 saturated carbocycles. The highest BCUT2D eigenvalue weighted by atomic mass is 32.2. The highest BCUT2D eigenvalue weighted by Crippen LogP contribution is 2.16. The van der Waals surface area contributed by atoms with Gasteiger partial charge in [0.25, 0.3) is 0 Å². The Bertz CT molecular complexity index is 977. The van der Waals surface area contributed by atoms with E-state index in [-0.39, 0.29) is 30.1 Å². The van der Waals surface area contributed by atoms with Gasteiger partial charge in [-0.25, -0.2) is 18.0 Å². The summed E-state index contributed by atoms with van der Waals surface area (Å²) in [6, 6.07) is 14.9. The van der Waals surface area contributed by atoms with Crippen LogP contribution in [0.3, 0.4) is 0 Å². The molecule has 2 aromatic rings. The average Bonchev–Trinajstić information content (AvgIpc) is 2.87. The van der Waals surface area contributed by atoms with E-state index in [1.54, 1.807) is 54.6 Å². The normalized spacial score (nSPS) is 16.2. The summed E-state index contributed by atoms with van der Waals surface area (Å²) in [5, 5.41) is 3.12. The second-order valence-electron chi connectivity index (χ2n) is 6.98. The number of sulfonamides is 1. The monoisotopic (exact) mass is 431 g/mol. The fraction of sp³-hybridized carbons (Fsp3) is 0.333. The minimum Gasteiger partial charge on any atom is -0.372 e. The Morgan fingerprint density at radius 3 is 2.27 bits per heavy atom. The molecular formula is C21H25N3O5S. The Morgan fingerprint density at radius 1 is 0.900 bits per heavy atom. The van der Waals surface area contributed by atoms with Gasteiger partial charge in [-0.3, -0.25) is 0 Å². The minimum absolute atomic E-state index is 0.104. The summed E-state index contributed by atoms with van der Waals surface area (Å²) in [7, 11) is -3.70. The Morgan fingerprint density at radius 2 is 1.57 bits per heavy atom. The van der Waals surface area contributed by atoms with Crippen LogP contribution in [0, 0.1) is 6.92 Å². The number of amides is 1. The smallest absolute Gasteiger partial charge is 0.372 e. The molecule has 0 bridgehead atoms. The molecule has 0 radical (unpaired) electrons. The molecule has 0 atom stereocenters. The molecule has 8 nitrogen and oxygen atoms in total. The van der Waals surface area contributed by atoms with Crippen LogP contribution in [-0.4, -0.2) is 69.0 Å². The van der Waals surface area contributed by atoms with Gasteiger partial charge in [-0.05, 0) is 31.2 Å². The molecule has 0 aliphatic carbocycles. The van der Waals surface area contributed by atoms with Crippen molar-refractivity contribution in [3.8, 4) is 0 Å². The summed E-state index contributed by atoms with van der Waals surface area (Å²) in [5.74, 6) is -0.738. The first kappa shape index (κ1) is 21.9. The number of rotatable bonds is 3. The van der Waals surface area contributed by atoms with Crippen LogP contribution in [0.5, 0.6) is 0 Å². The fourth-order valence-corrected chi connectivity index (χ4v) is 4.49. The maximum Gasteiger partial charge on any atom is 0.417 e. The van der Waals surface area contributed by atoms with Gasteiger partial charge in [0.15, 0.2) is 0 Å². The first-order valence-corrected chi connectivity index (χ1v) is 11.2. The van der Waals surface area contributed by atoms with Crippen molar-refractivity contribution in [2.45, 2.75) is 11.8 Å². The van der Waals surface area contributed by atoms with Crippen LogP contribution in [0.4, 0.5) is 4.79 Å². The molecular weight excluding hydrogens is 406 g/mol. The van der Waals surface area contributed by atoms with E-state index in [9.17, 15) is 18.0 Å². The highest BCUT2D eigenvalue weighted by Gasteiger charge is 2.27. The molecule has 1 saturated heterocycles. The molecule has 3 rings (SSSR count). The number of ether oxygens (including phenoxy) is 1. The van der Waals surface area contributed by atoms with E-state index in [1.807, 2.05) is 6.92 Å². The van der Waals surface area contributed by atoms with Crippen LogP contribution in [0.25, 0.3) is 0 Å². The van der Waals surface area contributed by atoms with Crippen LogP contribution in [0.1, 0.15) is 15.9 Å². The third kappa shape index (κ3) is 5.44. The van der Waals surface area contributed by atoms with Crippen LogP contribution in [-0.2, 0) is 14.8 Å². The second kappa shape index (κ2) is 9.84. The van der Waals surface area contributed by atoms with Crippen LogP contribution in [0.2, 0.25) is 0 Å². The van der Waals surface area contributed by atoms with E-state index >= 15 is 0 Å². The van der Waals surface area contributed by atoms with Crippen molar-refractivity contribution < 1.29 is 22.7 Å². The SMILES string of the molecule is Cc1ccc(S(=O)(=O)N2CCNCCN(C(=O)OC(=O)c3ccccc3)CC2)cc1. The number of aryl methyl sites for hydroxylation is 1. The molecule has 2 aromatic carbocycles. The first-order valence-electron chi connectivity index (χ1n) is 9.71. The minimum atomic E-state index is -3.70. The molecule has 0 unspecified atom stereocenters. The van der Waals surface area contributed by atoms with Crippen LogP contribution >= 0.6 is 0 Å². The Kier molecular flexibility index (Phi) is 7.20. The lowest BCUT2D eigenvalue weighted by Gasteiger charge is -2.25. The molecule has 1 aliphatic heterocycles. The van der Waals surface area contributed by atoms with Crippen molar-refractivity contribution >= 4 is 22.1 Å². The molecule has 0 spiro atoms. The maximum absolute atomic E-state index is 13.0. The molecule has 1 amide bonds. The van der Waals surface area contributed by atoms with Gasteiger partial charge >= 0.3 is 12.1 Å². The third-order valence-electron chi connectivity index (χ3n) is 4.82. The van der Waals surface area contributed by atoms with E-state index in [0.29, 0.717) is 19.6 Å². The average molecular weight is 432 g/mol. The second-order valence-corrected chi connectivity index (χ2v) is 8.91. The van der Waals surface area contributed by atoms with E-state index in [1.165, 1.54) is 9.21 Å². The van der Waals surface area contributed by atoms with Crippen molar-refractivity contribution in [3.05, 3.63) is 65.7 Å². The molecule has 9 heteroatoms. The lowest BCUT2D eigenvalue weighted by Crippen LogP contribution is -2.42. The van der Waals surface area contributed by atoms with Crippen molar-refractivity contribution in [3.63, 3.8) is 0 Å². The zero-order chi connectivity index (χ0) is 21.6. The van der Waals surface area contributed by atoms with Crippen molar-refractivity contribution in [1.29, 1.82) is 0 Å². The van der Waals surface area contributed by atoms with Crippen LogP contribution < -0.4 is 5.32 Å². The first-order chi connectivity index (χ1) is 14.4. The van der Waals surface area contributed by atoms with Crippen LogP contribution in [0.15, 0.2) is 59.5 Å². The van der Waals surface area contributed by atoms with Gasteiger partial charge in [0.1, 0.15) is 0 Å². The molecule has 160 valence electrons. The van der Waals surface area contributed by atoms with Crippen molar-refractivity contribution in [2.75, 3.05) is 39.3 Å². The number of nitrogens with zero attached hydrogens (tertiary/aromatic N) is 2. The highest BCUT2D eigenvalue weighted by molar-refractivity contribution is 7.89. The van der Waals surface area contributed by atoms with E-state index < -0.39 is 22.1 Å². The molecule has 1 heterocycles. The number of carbonyl (C=O) groups excluding carboxylic acids is 2. The van der Waals surface area contributed by atoms with Gasteiger partial charge in [-0.2, -0.15) is 4.31 Å². The van der Waals surface area contributed by atoms with Gasteiger partial charge < -0.3 is 15.0 Å². The predicted molar refractivity (Wildman–Crippen MR) is 112 cm³/mol. The summed E-state index contributed by atoms with van der Waals surface area (Å²) in [4.78, 5) is 26.2. The van der Waals surface area contributed by atoms with Crippen molar-refractivity contribution in [1.82, 2.24) is 14.5 Å². The quantitative estimate of drug-likeness (QED) is 0.589. The Labute approximate surface area is 176 Å². The largest absolute Gasteiger partial charge is 0.417 e. The van der Waals surface area contributed by atoms with Gasteiger partial charge in [0.2, 0.25) is 10.0 Å². The summed E-state index contributed by atoms with van der Waals surface area (Å²) < 4.78 is 32.4. The Balaban J connectivity index is 1.69. The summed E-state index contributed by atoms with van der Waals surface area (Å²) in [5.41, 5.74) is 1.24. The summed E-state index contributed by atoms with van der Waals surface area (Å²) in [6.45, 7) is 3.62.